The molecular formula is C14H14N4O2. The van der Waals surface area contributed by atoms with Crippen LogP contribution < -0.4 is 0 Å². The molecule has 102 valence electrons. The number of hydrogen-bond acceptors (Lipinski definition) is 5. The standard InChI is InChI=1S/C14H14N4O2/c19-14(11-7-15-10-16-8-11)18-5-6-20-13(9-18)12-3-1-2-4-17-12/h1-4,7-8,10,13H,5-6,9H2. The van der Waals surface area contributed by atoms with Crippen LogP contribution in [0.2, 0.25) is 0 Å². The van der Waals surface area contributed by atoms with Crippen molar-refractivity contribution in [2.75, 3.05) is 19.7 Å². The first kappa shape index (κ1) is 12.7. The summed E-state index contributed by atoms with van der Waals surface area (Å²) in [6.45, 7) is 1.56. The first-order valence-corrected chi connectivity index (χ1v) is 6.41. The topological polar surface area (TPSA) is 68.2 Å². The molecule has 1 saturated heterocycles. The van der Waals surface area contributed by atoms with Crippen LogP contribution >= 0.6 is 0 Å². The van der Waals surface area contributed by atoms with E-state index in [0.717, 1.165) is 5.69 Å². The summed E-state index contributed by atoms with van der Waals surface area (Å²) in [5, 5.41) is 0. The highest BCUT2D eigenvalue weighted by Gasteiger charge is 2.26. The van der Waals surface area contributed by atoms with Gasteiger partial charge >= 0.3 is 0 Å². The largest absolute Gasteiger partial charge is 0.368 e. The Bertz CT molecular complexity index is 576. The molecular weight excluding hydrogens is 256 g/mol. The van der Waals surface area contributed by atoms with Crippen LogP contribution in [0.3, 0.4) is 0 Å². The molecule has 0 bridgehead atoms. The quantitative estimate of drug-likeness (QED) is 0.817. The number of rotatable bonds is 2. The molecule has 3 heterocycles. The van der Waals surface area contributed by atoms with Gasteiger partial charge in [-0.3, -0.25) is 9.78 Å². The van der Waals surface area contributed by atoms with E-state index in [1.165, 1.54) is 18.7 Å². The zero-order chi connectivity index (χ0) is 13.8. The molecule has 0 N–H and O–H groups in total. The van der Waals surface area contributed by atoms with E-state index in [2.05, 4.69) is 15.0 Å². The molecule has 6 nitrogen and oxygen atoms in total. The second kappa shape index (κ2) is 5.75. The number of morpholine rings is 1. The summed E-state index contributed by atoms with van der Waals surface area (Å²) < 4.78 is 5.69. The highest BCUT2D eigenvalue weighted by molar-refractivity contribution is 5.93. The van der Waals surface area contributed by atoms with Crippen LogP contribution in [0.15, 0.2) is 43.1 Å². The molecule has 2 aromatic heterocycles. The Hall–Kier alpha value is -2.34. The van der Waals surface area contributed by atoms with Crippen molar-refractivity contribution in [2.24, 2.45) is 0 Å². The Kier molecular flexibility index (Phi) is 3.64. The summed E-state index contributed by atoms with van der Waals surface area (Å²) in [6.07, 6.45) is 6.01. The van der Waals surface area contributed by atoms with Gasteiger partial charge in [-0.1, -0.05) is 6.07 Å². The molecule has 0 aromatic carbocycles. The summed E-state index contributed by atoms with van der Waals surface area (Å²) in [5.74, 6) is -0.0742. The lowest BCUT2D eigenvalue weighted by Crippen LogP contribution is -2.42. The first-order valence-electron chi connectivity index (χ1n) is 6.41. The zero-order valence-electron chi connectivity index (χ0n) is 10.8. The maximum Gasteiger partial charge on any atom is 0.257 e. The van der Waals surface area contributed by atoms with E-state index in [-0.39, 0.29) is 12.0 Å². The maximum atomic E-state index is 12.3. The molecule has 0 spiro atoms. The summed E-state index contributed by atoms with van der Waals surface area (Å²) >= 11 is 0. The van der Waals surface area contributed by atoms with Crippen LogP contribution in [0.25, 0.3) is 0 Å². The van der Waals surface area contributed by atoms with Crippen molar-refractivity contribution in [3.63, 3.8) is 0 Å². The average molecular weight is 270 g/mol. The van der Waals surface area contributed by atoms with Gasteiger partial charge in [-0.2, -0.15) is 0 Å². The molecule has 1 atom stereocenters. The monoisotopic (exact) mass is 270 g/mol. The van der Waals surface area contributed by atoms with Crippen molar-refractivity contribution in [1.82, 2.24) is 19.9 Å². The molecule has 0 saturated carbocycles. The number of nitrogens with zero attached hydrogens (tertiary/aromatic N) is 4. The number of ether oxygens (including phenoxy) is 1. The summed E-state index contributed by atoms with van der Waals surface area (Å²) in [6, 6.07) is 5.68. The molecule has 6 heteroatoms. The average Bonchev–Trinajstić information content (AvgIpc) is 2.56. The fourth-order valence-electron chi connectivity index (χ4n) is 2.17. The number of carbonyl (C=O) groups excluding carboxylic acids is 1. The fraction of sp³-hybridized carbons (Fsp3) is 0.286. The number of pyridine rings is 1. The van der Waals surface area contributed by atoms with Crippen molar-refractivity contribution in [3.8, 4) is 0 Å². The minimum absolute atomic E-state index is 0.0742. The van der Waals surface area contributed by atoms with Crippen LogP contribution in [-0.4, -0.2) is 45.5 Å². The van der Waals surface area contributed by atoms with Gasteiger partial charge < -0.3 is 9.64 Å². The van der Waals surface area contributed by atoms with Gasteiger partial charge in [-0.25, -0.2) is 9.97 Å². The van der Waals surface area contributed by atoms with Crippen LogP contribution in [0, 0.1) is 0 Å². The van der Waals surface area contributed by atoms with Gasteiger partial charge in [0.1, 0.15) is 12.4 Å². The Morgan fingerprint density at radius 2 is 2.15 bits per heavy atom. The minimum Gasteiger partial charge on any atom is -0.368 e. The normalized spacial score (nSPS) is 18.8. The Labute approximate surface area is 116 Å². The number of aromatic nitrogens is 3. The number of amides is 1. The number of hydrogen-bond donors (Lipinski definition) is 0. The van der Waals surface area contributed by atoms with Crippen molar-refractivity contribution in [1.29, 1.82) is 0 Å². The van der Waals surface area contributed by atoms with Crippen LogP contribution in [0.1, 0.15) is 22.2 Å². The van der Waals surface area contributed by atoms with E-state index >= 15 is 0 Å². The predicted molar refractivity (Wildman–Crippen MR) is 70.9 cm³/mol. The first-order chi connectivity index (χ1) is 9.84. The van der Waals surface area contributed by atoms with Gasteiger partial charge in [0.25, 0.3) is 5.91 Å². The van der Waals surface area contributed by atoms with Gasteiger partial charge in [-0.15, -0.1) is 0 Å². The van der Waals surface area contributed by atoms with E-state index < -0.39 is 0 Å². The van der Waals surface area contributed by atoms with Gasteiger partial charge in [0.15, 0.2) is 0 Å². The molecule has 1 unspecified atom stereocenters. The van der Waals surface area contributed by atoms with Crippen LogP contribution in [-0.2, 0) is 4.74 Å². The van der Waals surface area contributed by atoms with Gasteiger partial charge in [0.05, 0.1) is 24.4 Å². The molecule has 20 heavy (non-hydrogen) atoms. The SMILES string of the molecule is O=C(c1cncnc1)N1CCOC(c2ccccn2)C1. The summed E-state index contributed by atoms with van der Waals surface area (Å²) in [4.78, 5) is 26.1. The van der Waals surface area contributed by atoms with Crippen LogP contribution in [0.5, 0.6) is 0 Å². The zero-order valence-corrected chi connectivity index (χ0v) is 10.8. The highest BCUT2D eigenvalue weighted by Crippen LogP contribution is 2.21. The predicted octanol–water partition coefficient (Wildman–Crippen LogP) is 1.09. The van der Waals surface area contributed by atoms with E-state index in [4.69, 9.17) is 4.74 Å². The Morgan fingerprint density at radius 1 is 1.30 bits per heavy atom. The lowest BCUT2D eigenvalue weighted by atomic mass is 10.1. The van der Waals surface area contributed by atoms with E-state index in [0.29, 0.717) is 25.3 Å². The third-order valence-corrected chi connectivity index (χ3v) is 3.18. The summed E-state index contributed by atoms with van der Waals surface area (Å²) in [5.41, 5.74) is 1.34. The third-order valence-electron chi connectivity index (χ3n) is 3.18. The van der Waals surface area contributed by atoms with Gasteiger partial charge in [0.2, 0.25) is 0 Å². The van der Waals surface area contributed by atoms with E-state index in [1.54, 1.807) is 11.1 Å². The molecule has 2 aromatic rings. The molecule has 0 aliphatic carbocycles. The molecule has 1 amide bonds. The summed E-state index contributed by atoms with van der Waals surface area (Å²) in [7, 11) is 0. The lowest BCUT2D eigenvalue weighted by molar-refractivity contribution is -0.0247. The van der Waals surface area contributed by atoms with E-state index in [9.17, 15) is 4.79 Å². The Balaban J connectivity index is 1.74. The fourth-order valence-corrected chi connectivity index (χ4v) is 2.17. The van der Waals surface area contributed by atoms with Crippen molar-refractivity contribution >= 4 is 5.91 Å². The van der Waals surface area contributed by atoms with E-state index in [1.807, 2.05) is 18.2 Å². The van der Waals surface area contributed by atoms with Gasteiger partial charge in [-0.05, 0) is 12.1 Å². The molecule has 1 aliphatic heterocycles. The van der Waals surface area contributed by atoms with Crippen molar-refractivity contribution in [2.45, 2.75) is 6.10 Å². The van der Waals surface area contributed by atoms with Crippen molar-refractivity contribution in [3.05, 3.63) is 54.4 Å². The highest BCUT2D eigenvalue weighted by atomic mass is 16.5. The molecule has 3 rings (SSSR count). The van der Waals surface area contributed by atoms with Crippen molar-refractivity contribution < 1.29 is 9.53 Å². The Morgan fingerprint density at radius 3 is 2.90 bits per heavy atom. The molecule has 1 fully saturated rings. The maximum absolute atomic E-state index is 12.3. The third kappa shape index (κ3) is 2.65. The second-order valence-corrected chi connectivity index (χ2v) is 4.49. The smallest absolute Gasteiger partial charge is 0.257 e. The van der Waals surface area contributed by atoms with Crippen LogP contribution in [0.4, 0.5) is 0 Å². The molecule has 0 radical (unpaired) electrons. The lowest BCUT2D eigenvalue weighted by Gasteiger charge is -2.32. The minimum atomic E-state index is -0.182. The second-order valence-electron chi connectivity index (χ2n) is 4.49. The number of carbonyl (C=O) groups is 1. The molecule has 1 aliphatic rings. The van der Waals surface area contributed by atoms with Gasteiger partial charge in [0, 0.05) is 25.1 Å².